The lowest BCUT2D eigenvalue weighted by Gasteiger charge is -2.28. The van der Waals surface area contributed by atoms with Crippen molar-refractivity contribution in [1.29, 1.82) is 0 Å². The number of rotatable bonds is 7. The summed E-state index contributed by atoms with van der Waals surface area (Å²) in [5.41, 5.74) is 0.879. The van der Waals surface area contributed by atoms with Crippen molar-refractivity contribution in [3.05, 3.63) is 35.9 Å². The van der Waals surface area contributed by atoms with Crippen molar-refractivity contribution >= 4 is 33.3 Å². The van der Waals surface area contributed by atoms with E-state index in [-0.39, 0.29) is 48.5 Å². The number of hydrogen-bond donors (Lipinski definition) is 1. The van der Waals surface area contributed by atoms with Gasteiger partial charge in [-0.05, 0) is 25.8 Å². The van der Waals surface area contributed by atoms with E-state index in [0.29, 0.717) is 6.42 Å². The smallest absolute Gasteiger partial charge is 0.308 e. The standard InChI is InChI=1S/C21H27N3O6S/c1-14(2)30-20(26)12-18(15-6-4-3-5-7-15)22-21(27)17-8-9-19(25)24(23-17)16-10-11-31(28,29)13-16/h3-7,14,16,18H,8-13H2,1-2H3,(H,22,27)/t16-,18+/m0/s1. The second-order valence-electron chi connectivity index (χ2n) is 8.02. The monoisotopic (exact) mass is 449 g/mol. The highest BCUT2D eigenvalue weighted by atomic mass is 32.2. The van der Waals surface area contributed by atoms with Gasteiger partial charge in [0, 0.05) is 12.8 Å². The van der Waals surface area contributed by atoms with Crippen LogP contribution in [0.3, 0.4) is 0 Å². The van der Waals surface area contributed by atoms with Crippen molar-refractivity contribution in [1.82, 2.24) is 10.3 Å². The Morgan fingerprint density at radius 2 is 1.94 bits per heavy atom. The summed E-state index contributed by atoms with van der Waals surface area (Å²) in [6.07, 6.45) is 0.210. The van der Waals surface area contributed by atoms with E-state index in [9.17, 15) is 22.8 Å². The summed E-state index contributed by atoms with van der Waals surface area (Å²) in [5, 5.41) is 8.16. The van der Waals surface area contributed by atoms with Crippen LogP contribution in [0.15, 0.2) is 35.4 Å². The van der Waals surface area contributed by atoms with Crippen LogP contribution in [0.2, 0.25) is 0 Å². The Hall–Kier alpha value is -2.75. The number of esters is 1. The molecule has 2 aliphatic heterocycles. The fourth-order valence-electron chi connectivity index (χ4n) is 3.64. The van der Waals surface area contributed by atoms with Gasteiger partial charge in [0.25, 0.3) is 5.91 Å². The van der Waals surface area contributed by atoms with Gasteiger partial charge in [-0.15, -0.1) is 0 Å². The molecule has 0 spiro atoms. The van der Waals surface area contributed by atoms with E-state index < -0.39 is 33.8 Å². The van der Waals surface area contributed by atoms with Gasteiger partial charge in [0.2, 0.25) is 5.91 Å². The summed E-state index contributed by atoms with van der Waals surface area (Å²) >= 11 is 0. The number of hydrazone groups is 1. The highest BCUT2D eigenvalue weighted by Gasteiger charge is 2.37. The van der Waals surface area contributed by atoms with Crippen molar-refractivity contribution < 1.29 is 27.5 Å². The van der Waals surface area contributed by atoms with Crippen molar-refractivity contribution in [3.63, 3.8) is 0 Å². The van der Waals surface area contributed by atoms with Gasteiger partial charge < -0.3 is 10.1 Å². The minimum Gasteiger partial charge on any atom is -0.463 e. The zero-order valence-corrected chi connectivity index (χ0v) is 18.4. The largest absolute Gasteiger partial charge is 0.463 e. The van der Waals surface area contributed by atoms with E-state index in [1.165, 1.54) is 0 Å². The molecular formula is C21H27N3O6S. The van der Waals surface area contributed by atoms with Crippen LogP contribution in [0.4, 0.5) is 0 Å². The molecular weight excluding hydrogens is 422 g/mol. The average molecular weight is 450 g/mol. The number of carbonyl (C=O) groups excluding carboxylic acids is 3. The number of amides is 2. The molecule has 2 aliphatic rings. The quantitative estimate of drug-likeness (QED) is 0.627. The number of ether oxygens (including phenoxy) is 1. The topological polar surface area (TPSA) is 122 Å². The fraction of sp³-hybridized carbons (Fsp3) is 0.524. The Kier molecular flexibility index (Phi) is 7.09. The Balaban J connectivity index is 1.76. The van der Waals surface area contributed by atoms with Crippen molar-refractivity contribution in [3.8, 4) is 0 Å². The Morgan fingerprint density at radius 3 is 2.55 bits per heavy atom. The number of nitrogens with one attached hydrogen (secondary N) is 1. The molecule has 168 valence electrons. The number of carbonyl (C=O) groups is 3. The van der Waals surface area contributed by atoms with E-state index in [4.69, 9.17) is 4.74 Å². The third-order valence-electron chi connectivity index (χ3n) is 5.12. The lowest BCUT2D eigenvalue weighted by atomic mass is 10.0. The zero-order chi connectivity index (χ0) is 22.6. The van der Waals surface area contributed by atoms with Crippen LogP contribution in [-0.2, 0) is 29.0 Å². The molecule has 9 nitrogen and oxygen atoms in total. The minimum atomic E-state index is -3.20. The number of benzene rings is 1. The van der Waals surface area contributed by atoms with Crippen LogP contribution in [0.1, 0.15) is 51.1 Å². The third kappa shape index (κ3) is 6.13. The number of hydrogen-bond acceptors (Lipinski definition) is 7. The summed E-state index contributed by atoms with van der Waals surface area (Å²) in [5.74, 6) is -1.37. The second-order valence-corrected chi connectivity index (χ2v) is 10.3. The molecule has 1 saturated heterocycles. The van der Waals surface area contributed by atoms with Gasteiger partial charge in [-0.2, -0.15) is 5.10 Å². The van der Waals surface area contributed by atoms with Crippen LogP contribution in [0.5, 0.6) is 0 Å². The lowest BCUT2D eigenvalue weighted by molar-refractivity contribution is -0.148. The van der Waals surface area contributed by atoms with Gasteiger partial charge in [0.15, 0.2) is 9.84 Å². The van der Waals surface area contributed by atoms with Gasteiger partial charge >= 0.3 is 5.97 Å². The van der Waals surface area contributed by atoms with E-state index in [2.05, 4.69) is 10.4 Å². The first kappa shape index (κ1) is 22.9. The first-order valence-electron chi connectivity index (χ1n) is 10.3. The molecule has 2 amide bonds. The maximum absolute atomic E-state index is 12.9. The first-order valence-corrected chi connectivity index (χ1v) is 12.1. The van der Waals surface area contributed by atoms with Crippen molar-refractivity contribution in [2.45, 2.75) is 57.7 Å². The molecule has 0 unspecified atom stereocenters. The van der Waals surface area contributed by atoms with Gasteiger partial charge in [-0.25, -0.2) is 13.4 Å². The Bertz CT molecular complexity index is 974. The zero-order valence-electron chi connectivity index (χ0n) is 17.6. The van der Waals surface area contributed by atoms with E-state index in [1.807, 2.05) is 6.07 Å². The summed E-state index contributed by atoms with van der Waals surface area (Å²) in [7, 11) is -3.20. The number of sulfone groups is 1. The van der Waals surface area contributed by atoms with Crippen LogP contribution in [0, 0.1) is 0 Å². The molecule has 0 bridgehead atoms. The van der Waals surface area contributed by atoms with Crippen LogP contribution < -0.4 is 5.32 Å². The summed E-state index contributed by atoms with van der Waals surface area (Å²) in [6.45, 7) is 3.50. The molecule has 0 aliphatic carbocycles. The normalized spacial score (nSPS) is 21.5. The predicted octanol–water partition coefficient (Wildman–Crippen LogP) is 1.35. The molecule has 0 saturated carbocycles. The van der Waals surface area contributed by atoms with E-state index in [0.717, 1.165) is 10.6 Å². The van der Waals surface area contributed by atoms with Crippen LogP contribution >= 0.6 is 0 Å². The lowest BCUT2D eigenvalue weighted by Crippen LogP contribution is -2.44. The highest BCUT2D eigenvalue weighted by Crippen LogP contribution is 2.23. The number of nitrogens with zero attached hydrogens (tertiary/aromatic N) is 2. The van der Waals surface area contributed by atoms with Gasteiger partial charge in [-0.1, -0.05) is 30.3 Å². The molecule has 2 atom stereocenters. The van der Waals surface area contributed by atoms with Gasteiger partial charge in [0.05, 0.1) is 36.1 Å². The maximum Gasteiger partial charge on any atom is 0.308 e. The summed E-state index contributed by atoms with van der Waals surface area (Å²) in [6, 6.07) is 7.87. The molecule has 1 N–H and O–H groups in total. The molecule has 1 aromatic carbocycles. The van der Waals surface area contributed by atoms with Crippen LogP contribution in [-0.4, -0.2) is 60.6 Å². The molecule has 1 aromatic rings. The van der Waals surface area contributed by atoms with Crippen molar-refractivity contribution in [2.75, 3.05) is 11.5 Å². The maximum atomic E-state index is 12.9. The van der Waals surface area contributed by atoms with Gasteiger partial charge in [0.1, 0.15) is 5.71 Å². The Labute approximate surface area is 181 Å². The first-order chi connectivity index (χ1) is 14.6. The van der Waals surface area contributed by atoms with E-state index >= 15 is 0 Å². The summed E-state index contributed by atoms with van der Waals surface area (Å²) in [4.78, 5) is 37.4. The predicted molar refractivity (Wildman–Crippen MR) is 114 cm³/mol. The fourth-order valence-corrected chi connectivity index (χ4v) is 5.34. The van der Waals surface area contributed by atoms with Crippen molar-refractivity contribution in [2.24, 2.45) is 5.10 Å². The third-order valence-corrected chi connectivity index (χ3v) is 6.87. The molecule has 0 radical (unpaired) electrons. The molecule has 3 rings (SSSR count). The molecule has 2 heterocycles. The molecule has 31 heavy (non-hydrogen) atoms. The summed E-state index contributed by atoms with van der Waals surface area (Å²) < 4.78 is 28.8. The molecule has 0 aromatic heterocycles. The molecule has 1 fully saturated rings. The second kappa shape index (κ2) is 9.59. The SMILES string of the molecule is CC(C)OC(=O)C[C@@H](NC(=O)C1=NN([C@H]2CCS(=O)(=O)C2)C(=O)CC1)c1ccccc1. The van der Waals surface area contributed by atoms with Gasteiger partial charge in [-0.3, -0.25) is 14.4 Å². The molecule has 10 heteroatoms. The highest BCUT2D eigenvalue weighted by molar-refractivity contribution is 7.91. The minimum absolute atomic E-state index is 0.00649. The van der Waals surface area contributed by atoms with E-state index in [1.54, 1.807) is 38.1 Å². The Morgan fingerprint density at radius 1 is 1.23 bits per heavy atom. The average Bonchev–Trinajstić information content (AvgIpc) is 3.07. The van der Waals surface area contributed by atoms with Crippen LogP contribution in [0.25, 0.3) is 0 Å².